The van der Waals surface area contributed by atoms with Gasteiger partial charge in [0.15, 0.2) is 0 Å². The number of rotatable bonds is 2. The van der Waals surface area contributed by atoms with Gasteiger partial charge in [0.2, 0.25) is 0 Å². The molecule has 4 heteroatoms. The van der Waals surface area contributed by atoms with Crippen LogP contribution in [-0.4, -0.2) is 42.1 Å². The predicted octanol–water partition coefficient (Wildman–Crippen LogP) is 1.13. The highest BCUT2D eigenvalue weighted by atomic mass is 15.3. The van der Waals surface area contributed by atoms with E-state index in [4.69, 9.17) is 5.73 Å². The molecule has 0 saturated carbocycles. The highest BCUT2D eigenvalue weighted by molar-refractivity contribution is 5.51. The van der Waals surface area contributed by atoms with Gasteiger partial charge in [-0.2, -0.15) is 0 Å². The number of nitrogens with zero attached hydrogens (tertiary/aromatic N) is 3. The first-order valence-corrected chi connectivity index (χ1v) is 6.93. The maximum absolute atomic E-state index is 5.89. The van der Waals surface area contributed by atoms with Crippen LogP contribution in [0, 0.1) is 6.92 Å². The lowest BCUT2D eigenvalue weighted by Crippen LogP contribution is -2.50. The topological polar surface area (TPSA) is 45.4 Å². The number of hydrogen-bond donors (Lipinski definition) is 1. The molecule has 98 valence electrons. The molecule has 0 aromatic carbocycles. The van der Waals surface area contributed by atoms with Crippen LogP contribution < -0.4 is 10.6 Å². The van der Waals surface area contributed by atoms with Crippen molar-refractivity contribution in [3.8, 4) is 0 Å². The van der Waals surface area contributed by atoms with Crippen LogP contribution in [0.2, 0.25) is 0 Å². The van der Waals surface area contributed by atoms with Crippen LogP contribution in [0.4, 0.5) is 5.82 Å². The van der Waals surface area contributed by atoms with Gasteiger partial charge in [0.25, 0.3) is 0 Å². The number of aromatic nitrogens is 1. The zero-order valence-corrected chi connectivity index (χ0v) is 11.1. The summed E-state index contributed by atoms with van der Waals surface area (Å²) in [6.45, 7) is 7.36. The first-order chi connectivity index (χ1) is 8.79. The zero-order chi connectivity index (χ0) is 12.5. The van der Waals surface area contributed by atoms with Gasteiger partial charge < -0.3 is 10.6 Å². The third-order valence-corrected chi connectivity index (χ3v) is 4.36. The Labute approximate surface area is 109 Å². The van der Waals surface area contributed by atoms with E-state index in [0.717, 1.165) is 24.9 Å². The molecule has 3 heterocycles. The molecule has 0 aliphatic carbocycles. The van der Waals surface area contributed by atoms with E-state index < -0.39 is 0 Å². The lowest BCUT2D eigenvalue weighted by molar-refractivity contribution is 0.230. The summed E-state index contributed by atoms with van der Waals surface area (Å²) >= 11 is 0. The summed E-state index contributed by atoms with van der Waals surface area (Å²) < 4.78 is 0. The fourth-order valence-corrected chi connectivity index (χ4v) is 3.28. The smallest absolute Gasteiger partial charge is 0.133 e. The van der Waals surface area contributed by atoms with Gasteiger partial charge in [-0.3, -0.25) is 4.90 Å². The predicted molar refractivity (Wildman–Crippen MR) is 73.7 cm³/mol. The largest absolute Gasteiger partial charge is 0.353 e. The van der Waals surface area contributed by atoms with E-state index in [0.29, 0.717) is 6.54 Å². The van der Waals surface area contributed by atoms with Crippen molar-refractivity contribution in [3.05, 3.63) is 23.4 Å². The highest BCUT2D eigenvalue weighted by Crippen LogP contribution is 2.27. The van der Waals surface area contributed by atoms with E-state index in [1.807, 2.05) is 6.20 Å². The van der Waals surface area contributed by atoms with Gasteiger partial charge in [-0.05, 0) is 37.9 Å². The Morgan fingerprint density at radius 2 is 2.28 bits per heavy atom. The number of piperazine rings is 1. The van der Waals surface area contributed by atoms with Crippen molar-refractivity contribution in [2.24, 2.45) is 5.73 Å². The molecule has 18 heavy (non-hydrogen) atoms. The van der Waals surface area contributed by atoms with Gasteiger partial charge in [-0.15, -0.1) is 0 Å². The van der Waals surface area contributed by atoms with Crippen LogP contribution >= 0.6 is 0 Å². The van der Waals surface area contributed by atoms with Crippen molar-refractivity contribution in [2.75, 3.05) is 31.1 Å². The monoisotopic (exact) mass is 246 g/mol. The van der Waals surface area contributed by atoms with E-state index in [9.17, 15) is 0 Å². The van der Waals surface area contributed by atoms with Crippen molar-refractivity contribution >= 4 is 5.82 Å². The van der Waals surface area contributed by atoms with Gasteiger partial charge in [0.1, 0.15) is 5.82 Å². The molecule has 2 N–H and O–H groups in total. The molecule has 1 aromatic heterocycles. The van der Waals surface area contributed by atoms with Gasteiger partial charge in [0, 0.05) is 44.0 Å². The second-order valence-electron chi connectivity index (χ2n) is 5.41. The number of nitrogens with two attached hydrogens (primary N) is 1. The van der Waals surface area contributed by atoms with E-state index in [2.05, 4.69) is 27.8 Å². The lowest BCUT2D eigenvalue weighted by atomic mass is 10.1. The number of anilines is 1. The Bertz CT molecular complexity index is 432. The fourth-order valence-electron chi connectivity index (χ4n) is 3.28. The third kappa shape index (κ3) is 1.99. The minimum Gasteiger partial charge on any atom is -0.353 e. The minimum absolute atomic E-state index is 0.583. The Balaban J connectivity index is 1.84. The Hall–Kier alpha value is -1.13. The van der Waals surface area contributed by atoms with E-state index in [-0.39, 0.29) is 0 Å². The Morgan fingerprint density at radius 1 is 1.39 bits per heavy atom. The maximum Gasteiger partial charge on any atom is 0.133 e. The lowest BCUT2D eigenvalue weighted by Gasteiger charge is -2.39. The number of pyridine rings is 1. The molecule has 2 aliphatic rings. The van der Waals surface area contributed by atoms with Crippen molar-refractivity contribution in [1.29, 1.82) is 0 Å². The maximum atomic E-state index is 5.89. The molecule has 4 nitrogen and oxygen atoms in total. The fraction of sp³-hybridized carbons (Fsp3) is 0.643. The summed E-state index contributed by atoms with van der Waals surface area (Å²) in [7, 11) is 0. The van der Waals surface area contributed by atoms with Crippen molar-refractivity contribution in [1.82, 2.24) is 9.88 Å². The molecule has 0 radical (unpaired) electrons. The normalized spacial score (nSPS) is 24.3. The molecule has 0 spiro atoms. The van der Waals surface area contributed by atoms with Crippen LogP contribution in [0.5, 0.6) is 0 Å². The number of fused-ring (bicyclic) bond motifs is 1. The molecule has 1 atom stereocenters. The van der Waals surface area contributed by atoms with Gasteiger partial charge in [-0.25, -0.2) is 4.98 Å². The second-order valence-corrected chi connectivity index (χ2v) is 5.41. The SMILES string of the molecule is Cc1ccnc(N2CCN3CCCC3C2)c1CN. The molecule has 2 fully saturated rings. The standard InChI is InChI=1S/C14H22N4/c1-11-4-5-16-14(13(11)9-15)18-8-7-17-6-2-3-12(17)10-18/h4-5,12H,2-3,6-10,15H2,1H3. The quantitative estimate of drug-likeness (QED) is 0.850. The van der Waals surface area contributed by atoms with E-state index in [1.54, 1.807) is 0 Å². The average molecular weight is 246 g/mol. The van der Waals surface area contributed by atoms with Crippen molar-refractivity contribution in [3.63, 3.8) is 0 Å². The zero-order valence-electron chi connectivity index (χ0n) is 11.1. The summed E-state index contributed by atoms with van der Waals surface area (Å²) in [6.07, 6.45) is 4.59. The Morgan fingerprint density at radius 3 is 3.11 bits per heavy atom. The van der Waals surface area contributed by atoms with Crippen molar-refractivity contribution < 1.29 is 0 Å². The Kier molecular flexibility index (Phi) is 3.22. The molecule has 0 bridgehead atoms. The second kappa shape index (κ2) is 4.86. The first kappa shape index (κ1) is 11.9. The van der Waals surface area contributed by atoms with Crippen LogP contribution in [0.1, 0.15) is 24.0 Å². The van der Waals surface area contributed by atoms with Crippen molar-refractivity contribution in [2.45, 2.75) is 32.4 Å². The molecule has 2 aliphatic heterocycles. The summed E-state index contributed by atoms with van der Waals surface area (Å²) in [6, 6.07) is 2.78. The summed E-state index contributed by atoms with van der Waals surface area (Å²) in [4.78, 5) is 9.63. The first-order valence-electron chi connectivity index (χ1n) is 6.93. The van der Waals surface area contributed by atoms with Gasteiger partial charge in [0.05, 0.1) is 0 Å². The van der Waals surface area contributed by atoms with Crippen LogP contribution in [0.3, 0.4) is 0 Å². The summed E-state index contributed by atoms with van der Waals surface area (Å²) in [5.41, 5.74) is 8.36. The molecule has 3 rings (SSSR count). The van der Waals surface area contributed by atoms with E-state index in [1.165, 1.54) is 37.1 Å². The molecular formula is C14H22N4. The molecule has 1 unspecified atom stereocenters. The van der Waals surface area contributed by atoms with Crippen LogP contribution in [-0.2, 0) is 6.54 Å². The summed E-state index contributed by atoms with van der Waals surface area (Å²) in [5, 5.41) is 0. The minimum atomic E-state index is 0.583. The highest BCUT2D eigenvalue weighted by Gasteiger charge is 2.31. The average Bonchev–Trinajstić information content (AvgIpc) is 2.85. The van der Waals surface area contributed by atoms with Crippen LogP contribution in [0.25, 0.3) is 0 Å². The molecule has 0 amide bonds. The molecular weight excluding hydrogens is 224 g/mol. The molecule has 1 aromatic rings. The van der Waals surface area contributed by atoms with Gasteiger partial charge in [-0.1, -0.05) is 0 Å². The van der Waals surface area contributed by atoms with Crippen LogP contribution in [0.15, 0.2) is 12.3 Å². The summed E-state index contributed by atoms with van der Waals surface area (Å²) in [5.74, 6) is 1.11. The third-order valence-electron chi connectivity index (χ3n) is 4.36. The number of aryl methyl sites for hydroxylation is 1. The van der Waals surface area contributed by atoms with Gasteiger partial charge >= 0.3 is 0 Å². The number of hydrogen-bond acceptors (Lipinski definition) is 4. The molecule has 2 saturated heterocycles. The van der Waals surface area contributed by atoms with E-state index >= 15 is 0 Å².